The molecule has 0 bridgehead atoms. The van der Waals surface area contributed by atoms with Crippen molar-refractivity contribution in [2.45, 2.75) is 17.2 Å². The van der Waals surface area contributed by atoms with Gasteiger partial charge in [-0.2, -0.15) is 26.3 Å². The van der Waals surface area contributed by atoms with E-state index in [1.165, 1.54) is 0 Å². The molecule has 0 atom stereocenters. The van der Waals surface area contributed by atoms with Crippen molar-refractivity contribution >= 4 is 34.9 Å². The maximum Gasteiger partial charge on any atom is 0.449 e. The molecule has 0 saturated heterocycles. The van der Waals surface area contributed by atoms with Crippen LogP contribution in [0, 0.1) is 5.82 Å². The van der Waals surface area contributed by atoms with Crippen molar-refractivity contribution in [2.75, 3.05) is 12.8 Å². The fourth-order valence-electron chi connectivity index (χ4n) is 1.26. The minimum Gasteiger partial charge on any atom is -0.369 e. The second-order valence-electron chi connectivity index (χ2n) is 3.85. The number of halogens is 8. The van der Waals surface area contributed by atoms with Gasteiger partial charge in [-0.05, 0) is 12.1 Å². The van der Waals surface area contributed by atoms with Crippen molar-refractivity contribution in [3.8, 4) is 0 Å². The molecule has 1 rings (SSSR count). The van der Waals surface area contributed by atoms with E-state index >= 15 is 0 Å². The topological polar surface area (TPSA) is 24.4 Å². The summed E-state index contributed by atoms with van der Waals surface area (Å²) < 4.78 is 87.5. The normalized spacial score (nSPS) is 13.4. The molecule has 0 unspecified atom stereocenters. The highest BCUT2D eigenvalue weighted by Crippen LogP contribution is 2.36. The second-order valence-corrected chi connectivity index (χ2v) is 5.27. The van der Waals surface area contributed by atoms with Crippen LogP contribution in [0.2, 0.25) is 5.02 Å². The fraction of sp³-hybridized carbons (Fsp3) is 0.364. The number of alkyl halides is 6. The molecule has 0 amide bonds. The molecular weight excluding hydrogens is 361 g/mol. The largest absolute Gasteiger partial charge is 0.449 e. The van der Waals surface area contributed by atoms with Crippen LogP contribution in [0.25, 0.3) is 0 Å². The zero-order chi connectivity index (χ0) is 17.1. The molecule has 0 saturated carbocycles. The quantitative estimate of drug-likeness (QED) is 0.353. The molecule has 124 valence electrons. The van der Waals surface area contributed by atoms with Gasteiger partial charge in [0.15, 0.2) is 0 Å². The van der Waals surface area contributed by atoms with Gasteiger partial charge in [-0.3, -0.25) is 0 Å². The molecule has 0 heterocycles. The molecular formula is C11H8ClF7N2S. The second kappa shape index (κ2) is 6.95. The fourth-order valence-corrected chi connectivity index (χ4v) is 2.16. The molecule has 2 nitrogen and oxygen atoms in total. The Labute approximate surface area is 129 Å². The molecule has 0 fully saturated rings. The highest BCUT2D eigenvalue weighted by atomic mass is 35.5. The number of hydrogen-bond donors (Lipinski definition) is 1. The average Bonchev–Trinajstić information content (AvgIpc) is 2.33. The number of hydrogen-bond acceptors (Lipinski definition) is 2. The van der Waals surface area contributed by atoms with Gasteiger partial charge in [0, 0.05) is 11.9 Å². The Morgan fingerprint density at radius 1 is 1.23 bits per heavy atom. The third-order valence-corrected chi connectivity index (χ3v) is 3.53. The van der Waals surface area contributed by atoms with Crippen molar-refractivity contribution in [3.05, 3.63) is 23.0 Å². The number of rotatable bonds is 3. The Bertz CT molecular complexity index is 569. The number of benzene rings is 1. The predicted molar refractivity (Wildman–Crippen MR) is 70.4 cm³/mol. The van der Waals surface area contributed by atoms with Gasteiger partial charge in [0.25, 0.3) is 0 Å². The van der Waals surface area contributed by atoms with Gasteiger partial charge in [0.1, 0.15) is 5.82 Å². The van der Waals surface area contributed by atoms with E-state index in [-0.39, 0.29) is 11.8 Å². The van der Waals surface area contributed by atoms with Crippen LogP contribution in [0.4, 0.5) is 36.4 Å². The molecule has 0 aromatic heterocycles. The lowest BCUT2D eigenvalue weighted by Crippen LogP contribution is -2.34. The highest BCUT2D eigenvalue weighted by Gasteiger charge is 2.35. The summed E-state index contributed by atoms with van der Waals surface area (Å²) in [5.74, 6) is -3.88. The molecule has 1 aromatic rings. The van der Waals surface area contributed by atoms with Crippen molar-refractivity contribution in [3.63, 3.8) is 0 Å². The Hall–Kier alpha value is -1.16. The third-order valence-electron chi connectivity index (χ3n) is 2.13. The van der Waals surface area contributed by atoms with Crippen LogP contribution in [0.1, 0.15) is 0 Å². The standard InChI is InChI=1S/C11H8ClF7N2S/c1-20-9(11(17,18)19)21-7-3-8(6(13)2-5(7)12)22-4-10(14,15)16/h2-3H,4H2,1H3,(H,20,21). The number of thioether (sulfide) groups is 1. The molecule has 0 aliphatic carbocycles. The Morgan fingerprint density at radius 3 is 2.27 bits per heavy atom. The molecule has 0 spiro atoms. The van der Waals surface area contributed by atoms with E-state index in [0.29, 0.717) is 6.07 Å². The number of aliphatic imine (C=N–C) groups is 1. The smallest absolute Gasteiger partial charge is 0.369 e. The van der Waals surface area contributed by atoms with Crippen molar-refractivity contribution in [2.24, 2.45) is 4.99 Å². The molecule has 0 radical (unpaired) electrons. The van der Waals surface area contributed by atoms with Gasteiger partial charge >= 0.3 is 12.4 Å². The monoisotopic (exact) mass is 368 g/mol. The molecule has 0 aliphatic rings. The van der Waals surface area contributed by atoms with Crippen LogP contribution in [-0.4, -0.2) is 31.0 Å². The van der Waals surface area contributed by atoms with Crippen molar-refractivity contribution < 1.29 is 30.7 Å². The Morgan fingerprint density at radius 2 is 1.82 bits per heavy atom. The van der Waals surface area contributed by atoms with Gasteiger partial charge in [0.05, 0.1) is 16.5 Å². The van der Waals surface area contributed by atoms with Gasteiger partial charge in [-0.25, -0.2) is 9.38 Å². The number of nitrogens with one attached hydrogen (secondary N) is 1. The summed E-state index contributed by atoms with van der Waals surface area (Å²) in [7, 11) is 0.961. The maximum atomic E-state index is 13.5. The van der Waals surface area contributed by atoms with E-state index in [2.05, 4.69) is 4.99 Å². The summed E-state index contributed by atoms with van der Waals surface area (Å²) in [6, 6.07) is 1.35. The average molecular weight is 369 g/mol. The molecule has 22 heavy (non-hydrogen) atoms. The number of nitrogens with zero attached hydrogens (tertiary/aromatic N) is 1. The zero-order valence-electron chi connectivity index (χ0n) is 10.7. The third kappa shape index (κ3) is 5.56. The van der Waals surface area contributed by atoms with Crippen LogP contribution in [-0.2, 0) is 0 Å². The lowest BCUT2D eigenvalue weighted by Gasteiger charge is -2.11. The van der Waals surface area contributed by atoms with Crippen molar-refractivity contribution in [1.29, 1.82) is 0 Å². The van der Waals surface area contributed by atoms with Crippen molar-refractivity contribution in [1.82, 2.24) is 5.32 Å². The van der Waals surface area contributed by atoms with Crippen LogP contribution in [0.5, 0.6) is 0 Å². The number of amidine groups is 1. The summed E-state index contributed by atoms with van der Waals surface area (Å²) in [6.07, 6.45) is -9.37. The summed E-state index contributed by atoms with van der Waals surface area (Å²) >= 11 is 5.66. The van der Waals surface area contributed by atoms with Crippen LogP contribution in [0.15, 0.2) is 22.0 Å². The first kappa shape index (κ1) is 18.9. The first-order chi connectivity index (χ1) is 9.94. The van der Waals surface area contributed by atoms with E-state index < -0.39 is 45.4 Å². The first-order valence-corrected chi connectivity index (χ1v) is 6.82. The molecule has 0 aliphatic heterocycles. The van der Waals surface area contributed by atoms with Crippen LogP contribution < -0.4 is 5.32 Å². The van der Waals surface area contributed by atoms with Gasteiger partial charge in [-0.15, -0.1) is 11.8 Å². The SMILES string of the molecule is CN/C(=N/c1cc(SCC(F)(F)F)c(F)cc1Cl)C(F)(F)F. The van der Waals surface area contributed by atoms with E-state index in [1.54, 1.807) is 5.32 Å². The molecule has 11 heteroatoms. The minimum absolute atomic E-state index is 0.0895. The van der Waals surface area contributed by atoms with E-state index in [9.17, 15) is 30.7 Å². The Kier molecular flexibility index (Phi) is 5.96. The Balaban J connectivity index is 3.19. The summed E-state index contributed by atoms with van der Waals surface area (Å²) in [5, 5.41) is 1.34. The highest BCUT2D eigenvalue weighted by molar-refractivity contribution is 7.99. The lowest BCUT2D eigenvalue weighted by atomic mass is 10.3. The van der Waals surface area contributed by atoms with E-state index in [0.717, 1.165) is 13.1 Å². The van der Waals surface area contributed by atoms with Gasteiger partial charge in [-0.1, -0.05) is 11.6 Å². The summed E-state index contributed by atoms with van der Waals surface area (Å²) in [4.78, 5) is 2.68. The summed E-state index contributed by atoms with van der Waals surface area (Å²) in [6.45, 7) is 0. The molecule has 1 aromatic carbocycles. The van der Waals surface area contributed by atoms with Gasteiger partial charge in [0.2, 0.25) is 5.84 Å². The first-order valence-electron chi connectivity index (χ1n) is 5.46. The summed E-state index contributed by atoms with van der Waals surface area (Å²) in [5.41, 5.74) is -0.491. The van der Waals surface area contributed by atoms with Gasteiger partial charge < -0.3 is 5.32 Å². The van der Waals surface area contributed by atoms with Crippen LogP contribution >= 0.6 is 23.4 Å². The van der Waals surface area contributed by atoms with E-state index in [4.69, 9.17) is 11.6 Å². The van der Waals surface area contributed by atoms with Crippen LogP contribution in [0.3, 0.4) is 0 Å². The molecule has 1 N–H and O–H groups in total. The zero-order valence-corrected chi connectivity index (χ0v) is 12.3. The predicted octanol–water partition coefficient (Wildman–Crippen LogP) is 4.95. The maximum absolute atomic E-state index is 13.5. The lowest BCUT2D eigenvalue weighted by molar-refractivity contribution is -0.105. The van der Waals surface area contributed by atoms with E-state index in [1.807, 2.05) is 0 Å². The minimum atomic E-state index is -4.81.